The highest BCUT2D eigenvalue weighted by atomic mass is 16.5. The van der Waals surface area contributed by atoms with E-state index >= 15 is 0 Å². The average molecular weight is 156 g/mol. The predicted molar refractivity (Wildman–Crippen MR) is 45.2 cm³/mol. The maximum absolute atomic E-state index is 10.3. The minimum Gasteiger partial charge on any atom is -0.462 e. The maximum atomic E-state index is 10.3. The van der Waals surface area contributed by atoms with Crippen LogP contribution in [0.3, 0.4) is 0 Å². The van der Waals surface area contributed by atoms with Gasteiger partial charge in [0.15, 0.2) is 0 Å². The smallest absolute Gasteiger partial charge is 0.302 e. The lowest BCUT2D eigenvalue weighted by Gasteiger charge is -2.04. The second-order valence-corrected chi connectivity index (χ2v) is 2.91. The van der Waals surface area contributed by atoms with E-state index in [1.165, 1.54) is 12.5 Å². The Labute approximate surface area is 68.2 Å². The molecule has 2 nitrogen and oxygen atoms in total. The standard InChI is InChI=1S/C9H16O2/c1-7(2)8(3)5-6-11-9(4)10/h5,7H,6H2,1-4H3. The van der Waals surface area contributed by atoms with Gasteiger partial charge in [0.1, 0.15) is 6.61 Å². The molecule has 0 rings (SSSR count). The van der Waals surface area contributed by atoms with Crippen LogP contribution in [0.1, 0.15) is 27.7 Å². The fraction of sp³-hybridized carbons (Fsp3) is 0.667. The van der Waals surface area contributed by atoms with Crippen molar-refractivity contribution in [3.8, 4) is 0 Å². The number of rotatable bonds is 3. The van der Waals surface area contributed by atoms with Gasteiger partial charge in [-0.05, 0) is 18.9 Å². The number of hydrogen-bond acceptors (Lipinski definition) is 2. The summed E-state index contributed by atoms with van der Waals surface area (Å²) in [6.07, 6.45) is 1.94. The fourth-order valence-electron chi connectivity index (χ4n) is 0.526. The second kappa shape index (κ2) is 4.94. The summed E-state index contributed by atoms with van der Waals surface area (Å²) < 4.78 is 4.75. The minimum absolute atomic E-state index is 0.224. The van der Waals surface area contributed by atoms with Gasteiger partial charge in [-0.15, -0.1) is 0 Å². The molecule has 0 N–H and O–H groups in total. The lowest BCUT2D eigenvalue weighted by molar-refractivity contribution is -0.139. The zero-order valence-corrected chi connectivity index (χ0v) is 7.68. The lowest BCUT2D eigenvalue weighted by atomic mass is 10.1. The predicted octanol–water partition coefficient (Wildman–Crippen LogP) is 2.15. The molecule has 0 unspecified atom stereocenters. The van der Waals surface area contributed by atoms with Gasteiger partial charge in [0.25, 0.3) is 0 Å². The van der Waals surface area contributed by atoms with E-state index in [0.717, 1.165) is 0 Å². The van der Waals surface area contributed by atoms with Crippen LogP contribution in [0.4, 0.5) is 0 Å². The number of carbonyl (C=O) groups is 1. The Bertz CT molecular complexity index is 157. The molecule has 0 radical (unpaired) electrons. The molecule has 11 heavy (non-hydrogen) atoms. The molecule has 0 aliphatic carbocycles. The molecule has 0 fully saturated rings. The zero-order valence-electron chi connectivity index (χ0n) is 7.68. The van der Waals surface area contributed by atoms with Crippen LogP contribution in [0.2, 0.25) is 0 Å². The van der Waals surface area contributed by atoms with Gasteiger partial charge in [-0.1, -0.05) is 19.4 Å². The first-order valence-electron chi connectivity index (χ1n) is 3.84. The van der Waals surface area contributed by atoms with Crippen molar-refractivity contribution in [1.29, 1.82) is 0 Å². The Morgan fingerprint density at radius 1 is 1.45 bits per heavy atom. The second-order valence-electron chi connectivity index (χ2n) is 2.91. The number of ether oxygens (including phenoxy) is 1. The largest absolute Gasteiger partial charge is 0.462 e. The molecule has 0 atom stereocenters. The number of carbonyl (C=O) groups excluding carboxylic acids is 1. The SMILES string of the molecule is CC(=O)OCC=C(C)C(C)C. The summed E-state index contributed by atoms with van der Waals surface area (Å²) in [5.74, 6) is 0.309. The van der Waals surface area contributed by atoms with Crippen molar-refractivity contribution in [2.75, 3.05) is 6.61 Å². The van der Waals surface area contributed by atoms with E-state index in [2.05, 4.69) is 13.8 Å². The molecule has 0 aromatic heterocycles. The Morgan fingerprint density at radius 3 is 2.36 bits per heavy atom. The van der Waals surface area contributed by atoms with Crippen LogP contribution in [0.5, 0.6) is 0 Å². The lowest BCUT2D eigenvalue weighted by Crippen LogP contribution is -1.99. The van der Waals surface area contributed by atoms with Crippen LogP contribution >= 0.6 is 0 Å². The zero-order chi connectivity index (χ0) is 8.85. The van der Waals surface area contributed by atoms with Crippen molar-refractivity contribution in [1.82, 2.24) is 0 Å². The van der Waals surface area contributed by atoms with Crippen LogP contribution in [0.25, 0.3) is 0 Å². The number of allylic oxidation sites excluding steroid dienone is 1. The molecule has 0 aliphatic heterocycles. The Balaban J connectivity index is 3.65. The van der Waals surface area contributed by atoms with Crippen LogP contribution < -0.4 is 0 Å². The quantitative estimate of drug-likeness (QED) is 0.462. The van der Waals surface area contributed by atoms with Gasteiger partial charge < -0.3 is 4.74 Å². The van der Waals surface area contributed by atoms with Crippen LogP contribution in [-0.4, -0.2) is 12.6 Å². The van der Waals surface area contributed by atoms with Gasteiger partial charge in [0.05, 0.1) is 0 Å². The highest BCUT2D eigenvalue weighted by Gasteiger charge is 1.95. The highest BCUT2D eigenvalue weighted by molar-refractivity contribution is 5.66. The molecule has 0 heterocycles. The Morgan fingerprint density at radius 2 is 2.00 bits per heavy atom. The number of hydrogen-bond donors (Lipinski definition) is 0. The third kappa shape index (κ3) is 5.64. The van der Waals surface area contributed by atoms with E-state index in [0.29, 0.717) is 12.5 Å². The van der Waals surface area contributed by atoms with Gasteiger partial charge in [-0.25, -0.2) is 0 Å². The summed E-state index contributed by atoms with van der Waals surface area (Å²) in [7, 11) is 0. The molecule has 0 amide bonds. The molecular weight excluding hydrogens is 140 g/mol. The van der Waals surface area contributed by atoms with Crippen LogP contribution in [0.15, 0.2) is 11.6 Å². The highest BCUT2D eigenvalue weighted by Crippen LogP contribution is 2.06. The number of esters is 1. The molecule has 0 saturated carbocycles. The third-order valence-corrected chi connectivity index (χ3v) is 1.60. The van der Waals surface area contributed by atoms with Crippen molar-refractivity contribution < 1.29 is 9.53 Å². The van der Waals surface area contributed by atoms with E-state index < -0.39 is 0 Å². The van der Waals surface area contributed by atoms with E-state index in [9.17, 15) is 4.79 Å². The van der Waals surface area contributed by atoms with E-state index in [4.69, 9.17) is 4.74 Å². The van der Waals surface area contributed by atoms with Crippen molar-refractivity contribution in [3.05, 3.63) is 11.6 Å². The Hall–Kier alpha value is -0.790. The van der Waals surface area contributed by atoms with Gasteiger partial charge in [0.2, 0.25) is 0 Å². The van der Waals surface area contributed by atoms with Crippen molar-refractivity contribution in [2.45, 2.75) is 27.7 Å². The monoisotopic (exact) mass is 156 g/mol. The summed E-state index contributed by atoms with van der Waals surface area (Å²) in [6.45, 7) is 8.07. The van der Waals surface area contributed by atoms with Gasteiger partial charge in [0, 0.05) is 6.92 Å². The average Bonchev–Trinajstić information content (AvgIpc) is 1.86. The first-order valence-corrected chi connectivity index (χ1v) is 3.84. The van der Waals surface area contributed by atoms with Crippen molar-refractivity contribution in [3.63, 3.8) is 0 Å². The molecule has 0 spiro atoms. The molecule has 0 aliphatic rings. The molecule has 0 bridgehead atoms. The van der Waals surface area contributed by atoms with Crippen molar-refractivity contribution >= 4 is 5.97 Å². The summed E-state index contributed by atoms with van der Waals surface area (Å²) >= 11 is 0. The third-order valence-electron chi connectivity index (χ3n) is 1.60. The van der Waals surface area contributed by atoms with Gasteiger partial charge >= 0.3 is 5.97 Å². The maximum Gasteiger partial charge on any atom is 0.302 e. The molecule has 2 heteroatoms. The van der Waals surface area contributed by atoms with E-state index in [1.54, 1.807) is 0 Å². The van der Waals surface area contributed by atoms with Crippen molar-refractivity contribution in [2.24, 2.45) is 5.92 Å². The summed E-state index contributed by atoms with van der Waals surface area (Å²) in [4.78, 5) is 10.3. The van der Waals surface area contributed by atoms with Crippen LogP contribution in [0, 0.1) is 5.92 Å². The normalized spacial score (nSPS) is 11.9. The molecule has 0 aromatic carbocycles. The van der Waals surface area contributed by atoms with Gasteiger partial charge in [-0.3, -0.25) is 4.79 Å². The molecule has 0 aromatic rings. The molecular formula is C9H16O2. The topological polar surface area (TPSA) is 26.3 Å². The summed E-state index contributed by atoms with van der Waals surface area (Å²) in [5, 5.41) is 0. The molecule has 0 saturated heterocycles. The molecule has 64 valence electrons. The fourth-order valence-corrected chi connectivity index (χ4v) is 0.526. The minimum atomic E-state index is -0.224. The first kappa shape index (κ1) is 10.2. The summed E-state index contributed by atoms with van der Waals surface area (Å²) in [5.41, 5.74) is 1.26. The Kier molecular flexibility index (Phi) is 4.59. The van der Waals surface area contributed by atoms with Crippen LogP contribution in [-0.2, 0) is 9.53 Å². The van der Waals surface area contributed by atoms with E-state index in [-0.39, 0.29) is 5.97 Å². The first-order chi connectivity index (χ1) is 5.04. The summed E-state index contributed by atoms with van der Waals surface area (Å²) in [6, 6.07) is 0. The van der Waals surface area contributed by atoms with Gasteiger partial charge in [-0.2, -0.15) is 0 Å². The van der Waals surface area contributed by atoms with E-state index in [1.807, 2.05) is 13.0 Å².